The molecule has 0 aliphatic heterocycles. The number of hydrogen-bond donors (Lipinski definition) is 2. The van der Waals surface area contributed by atoms with Gasteiger partial charge < -0.3 is 0 Å². The van der Waals surface area contributed by atoms with Crippen molar-refractivity contribution in [2.75, 3.05) is 0 Å². The van der Waals surface area contributed by atoms with Crippen LogP contribution in [0.3, 0.4) is 0 Å². The van der Waals surface area contributed by atoms with E-state index in [0.717, 1.165) is 4.72 Å². The van der Waals surface area contributed by atoms with E-state index < -0.39 is 53.9 Å². The summed E-state index contributed by atoms with van der Waals surface area (Å²) in [6.45, 7) is 0. The minimum atomic E-state index is -4.91. The lowest BCUT2D eigenvalue weighted by Crippen LogP contribution is -2.40. The highest BCUT2D eigenvalue weighted by Gasteiger charge is 2.23. The van der Waals surface area contributed by atoms with E-state index in [0.29, 0.717) is 0 Å². The molecule has 1 rings (SSSR count). The average molecular weight is 217 g/mol. The Morgan fingerprint density at radius 2 is 2.00 bits per heavy atom. The molecule has 1 amide bonds. The van der Waals surface area contributed by atoms with Gasteiger partial charge in [0, 0.05) is 21.0 Å². The zero-order valence-corrected chi connectivity index (χ0v) is 7.03. The molecule has 1 aliphatic carbocycles. The van der Waals surface area contributed by atoms with Crippen molar-refractivity contribution in [1.82, 2.24) is 4.72 Å². The van der Waals surface area contributed by atoms with Crippen molar-refractivity contribution in [1.29, 1.82) is 0 Å². The van der Waals surface area contributed by atoms with Crippen LogP contribution in [0, 0.1) is 5.89 Å². The summed E-state index contributed by atoms with van der Waals surface area (Å²) in [5, 5.41) is 4.52. The maximum atomic E-state index is 12.1. The third-order valence-corrected chi connectivity index (χ3v) is 1.43. The number of nitrogens with two attached hydrogens (primary N) is 1. The van der Waals surface area contributed by atoms with E-state index in [1.165, 1.54) is 0 Å². The van der Waals surface area contributed by atoms with Gasteiger partial charge in [-0.1, -0.05) is 19.1 Å². The molecular formula is C7H14N2O3S. The lowest BCUT2D eigenvalue weighted by Gasteiger charge is -2.19. The van der Waals surface area contributed by atoms with Crippen LogP contribution in [-0.2, 0) is 15.0 Å². The van der Waals surface area contributed by atoms with Gasteiger partial charge in [0.1, 0.15) is 0 Å². The molecule has 0 unspecified atom stereocenters. The average Bonchev–Trinajstić information content (AvgIpc) is 2.32. The fourth-order valence-corrected chi connectivity index (χ4v) is 0.904. The Hall–Kier alpha value is -0.620. The molecule has 1 fully saturated rings. The lowest BCUT2D eigenvalue weighted by molar-refractivity contribution is -0.124. The van der Waals surface area contributed by atoms with Crippen LogP contribution < -0.4 is 9.86 Å². The fraction of sp³-hybridized carbons (Fsp3) is 0.857. The number of rotatable bonds is 2. The highest BCUT2D eigenvalue weighted by atomic mass is 32.2. The minimum Gasteiger partial charge on any atom is -0.274 e. The maximum absolute atomic E-state index is 12.1. The van der Waals surface area contributed by atoms with Crippen molar-refractivity contribution >= 4 is 16.1 Å². The van der Waals surface area contributed by atoms with E-state index >= 15 is 0 Å². The molecule has 0 atom stereocenters. The number of hydrogen-bond acceptors (Lipinski definition) is 3. The molecule has 6 heteroatoms. The molecule has 5 nitrogen and oxygen atoms in total. The topological polar surface area (TPSA) is 89.3 Å². The Kier molecular flexibility index (Phi) is 0.916. The SMILES string of the molecule is [2H]C1([2H])C([2H])([2H])C([2H])([2H])C([2H])(C(=O)NS(N)(=O)=O)C([2H])([2H])C1([2H])[2H]. The molecule has 0 bridgehead atoms. The van der Waals surface area contributed by atoms with Crippen molar-refractivity contribution in [2.24, 2.45) is 11.0 Å². The molecule has 3 N–H and O–H groups in total. The van der Waals surface area contributed by atoms with E-state index in [2.05, 4.69) is 5.14 Å². The van der Waals surface area contributed by atoms with Crippen molar-refractivity contribution in [2.45, 2.75) is 31.9 Å². The van der Waals surface area contributed by atoms with E-state index in [9.17, 15) is 13.2 Å². The molecule has 1 aliphatic rings. The summed E-state index contributed by atoms with van der Waals surface area (Å²) >= 11 is 0. The predicted octanol–water partition coefficient (Wildman–Crippen LogP) is -0.114. The first kappa shape index (κ1) is 2.93. The second kappa shape index (κ2) is 4.06. The van der Waals surface area contributed by atoms with Crippen LogP contribution in [-0.4, -0.2) is 14.3 Å². The summed E-state index contributed by atoms with van der Waals surface area (Å²) in [5.74, 6) is -6.28. The second-order valence-electron chi connectivity index (χ2n) is 1.98. The molecule has 0 aromatic rings. The molecule has 0 saturated heterocycles. The van der Waals surface area contributed by atoms with Gasteiger partial charge in [0.05, 0.1) is 0 Å². The summed E-state index contributed by atoms with van der Waals surface area (Å²) in [6.07, 6.45) is -19.5. The first-order chi connectivity index (χ1) is 10.1. The van der Waals surface area contributed by atoms with Crippen LogP contribution in [0.1, 0.15) is 46.9 Å². The van der Waals surface area contributed by atoms with Crippen LogP contribution >= 0.6 is 0 Å². The van der Waals surface area contributed by atoms with Gasteiger partial charge in [0.25, 0.3) is 10.2 Å². The highest BCUT2D eigenvalue weighted by molar-refractivity contribution is 7.87. The van der Waals surface area contributed by atoms with Crippen LogP contribution in [0.4, 0.5) is 0 Å². The first-order valence-corrected chi connectivity index (χ1v) is 4.52. The Balaban J connectivity index is 3.85. The van der Waals surface area contributed by atoms with E-state index in [1.807, 2.05) is 0 Å². The Bertz CT molecular complexity index is 643. The molecule has 0 radical (unpaired) electrons. The normalized spacial score (nSPS) is 54.1. The molecule has 0 aromatic heterocycles. The van der Waals surface area contributed by atoms with Gasteiger partial charge in [-0.25, -0.2) is 9.86 Å². The van der Waals surface area contributed by atoms with Crippen molar-refractivity contribution in [3.8, 4) is 0 Å². The number of nitrogens with one attached hydrogen (secondary N) is 1. The van der Waals surface area contributed by atoms with E-state index in [4.69, 9.17) is 15.1 Å². The van der Waals surface area contributed by atoms with E-state index in [1.54, 1.807) is 0 Å². The van der Waals surface area contributed by atoms with E-state index in [-0.39, 0.29) is 0 Å². The zero-order valence-electron chi connectivity index (χ0n) is 17.2. The minimum absolute atomic E-state index is 0.931. The number of carbonyl (C=O) groups is 1. The van der Waals surface area contributed by atoms with Crippen LogP contribution in [0.5, 0.6) is 0 Å². The van der Waals surface area contributed by atoms with Crippen molar-refractivity contribution in [3.05, 3.63) is 0 Å². The molecule has 0 spiro atoms. The molecule has 0 heterocycles. The van der Waals surface area contributed by atoms with Crippen molar-refractivity contribution in [3.63, 3.8) is 0 Å². The van der Waals surface area contributed by atoms with Gasteiger partial charge in [-0.05, 0) is 12.7 Å². The van der Waals surface area contributed by atoms with Gasteiger partial charge in [0.15, 0.2) is 0 Å². The third kappa shape index (κ3) is 3.73. The van der Waals surface area contributed by atoms with Crippen molar-refractivity contribution < 1.29 is 28.3 Å². The van der Waals surface area contributed by atoms with Gasteiger partial charge in [-0.2, -0.15) is 8.42 Å². The first-order valence-electron chi connectivity index (χ1n) is 8.48. The Morgan fingerprint density at radius 1 is 1.46 bits per heavy atom. The highest BCUT2D eigenvalue weighted by Crippen LogP contribution is 2.23. The van der Waals surface area contributed by atoms with Gasteiger partial charge in [-0.15, -0.1) is 0 Å². The maximum Gasteiger partial charge on any atom is 0.298 e. The fourth-order valence-electron chi connectivity index (χ4n) is 0.544. The standard InChI is InChI=1S/C7H14N2O3S/c8-13(11,12)9-7(10)6-4-2-1-3-5-6/h6H,1-5H2,(H,9,10)(H2,8,11,12)/i1D2,2D2,3D2,4D2,5D2,6D. The Morgan fingerprint density at radius 3 is 2.46 bits per heavy atom. The van der Waals surface area contributed by atoms with Crippen LogP contribution in [0.25, 0.3) is 0 Å². The van der Waals surface area contributed by atoms with Crippen LogP contribution in [0.2, 0.25) is 0 Å². The predicted molar refractivity (Wildman–Crippen MR) is 47.8 cm³/mol. The third-order valence-electron chi connectivity index (χ3n) is 0.962. The van der Waals surface area contributed by atoms with Crippen LogP contribution in [0.15, 0.2) is 0 Å². The molecular weight excluding hydrogens is 192 g/mol. The van der Waals surface area contributed by atoms with Gasteiger partial charge in [0.2, 0.25) is 5.91 Å². The lowest BCUT2D eigenvalue weighted by atomic mass is 9.89. The summed E-state index contributed by atoms with van der Waals surface area (Å²) in [4.78, 5) is 12.1. The summed E-state index contributed by atoms with van der Waals surface area (Å²) in [7, 11) is -4.91. The van der Waals surface area contributed by atoms with Gasteiger partial charge in [-0.3, -0.25) is 4.79 Å². The zero-order chi connectivity index (χ0) is 19.8. The number of amides is 1. The van der Waals surface area contributed by atoms with Gasteiger partial charge >= 0.3 is 0 Å². The largest absolute Gasteiger partial charge is 0.298 e. The second-order valence-corrected chi connectivity index (χ2v) is 3.27. The summed E-state index contributed by atoms with van der Waals surface area (Å²) < 4.78 is 107. The summed E-state index contributed by atoms with van der Waals surface area (Å²) in [5.41, 5.74) is 0. The summed E-state index contributed by atoms with van der Waals surface area (Å²) in [6, 6.07) is 0. The molecule has 1 saturated carbocycles. The molecule has 76 valence electrons. The molecule has 0 aromatic carbocycles. The Labute approximate surface area is 93.3 Å². The quantitative estimate of drug-likeness (QED) is 0.676. The number of carbonyl (C=O) groups excluding carboxylic acids is 1. The smallest absolute Gasteiger partial charge is 0.274 e. The monoisotopic (exact) mass is 217 g/mol. The molecule has 13 heavy (non-hydrogen) atoms.